The van der Waals surface area contributed by atoms with Crippen molar-refractivity contribution in [3.8, 4) is 11.1 Å². The largest absolute Gasteiger partial charge is 0.481 e. The lowest BCUT2D eigenvalue weighted by Crippen LogP contribution is -2.18. The van der Waals surface area contributed by atoms with E-state index in [1.165, 1.54) is 10.1 Å². The van der Waals surface area contributed by atoms with Crippen LogP contribution in [-0.2, 0) is 4.79 Å². The van der Waals surface area contributed by atoms with Crippen molar-refractivity contribution in [2.24, 2.45) is 5.92 Å². The minimum atomic E-state index is -0.691. The standard InChI is InChI=1S/C28H25N3O3/c32-27(33)16-19-3-5-20(6-4-19)21-7-9-22(10-8-21)23-11-12-26-24(17-23)13-15-31(26)28(34)30-25-2-1-14-29-18-25/h1-2,7-12,14,17-20H,3-6,16H2,(H,30,34)(H,32,33). The highest BCUT2D eigenvalue weighted by molar-refractivity contribution is 5.98. The summed E-state index contributed by atoms with van der Waals surface area (Å²) in [6.45, 7) is 0. The Morgan fingerprint density at radius 1 is 1.03 bits per heavy atom. The molecule has 0 spiro atoms. The van der Waals surface area contributed by atoms with E-state index in [-0.39, 0.29) is 12.5 Å². The number of nitrogens with one attached hydrogen (secondary N) is 1. The van der Waals surface area contributed by atoms with Crippen LogP contribution in [0, 0.1) is 18.2 Å². The summed E-state index contributed by atoms with van der Waals surface area (Å²) >= 11 is 0. The molecule has 5 rings (SSSR count). The van der Waals surface area contributed by atoms with Crippen LogP contribution in [0.1, 0.15) is 43.6 Å². The number of carbonyl (C=O) groups is 2. The number of carbonyl (C=O) groups excluding carboxylic acids is 1. The number of aliphatic carboxylic acids is 1. The van der Waals surface area contributed by atoms with Crippen molar-refractivity contribution >= 4 is 28.6 Å². The predicted molar refractivity (Wildman–Crippen MR) is 131 cm³/mol. The first-order valence-electron chi connectivity index (χ1n) is 11.6. The van der Waals surface area contributed by atoms with E-state index in [1.807, 2.05) is 18.2 Å². The first-order valence-corrected chi connectivity index (χ1v) is 11.6. The Kier molecular flexibility index (Phi) is 6.01. The van der Waals surface area contributed by atoms with Gasteiger partial charge >= 0.3 is 12.0 Å². The summed E-state index contributed by atoms with van der Waals surface area (Å²) in [4.78, 5) is 27.6. The van der Waals surface area contributed by atoms with Gasteiger partial charge in [-0.25, -0.2) is 9.36 Å². The second-order valence-corrected chi connectivity index (χ2v) is 8.91. The number of carboxylic acids is 1. The van der Waals surface area contributed by atoms with Crippen LogP contribution in [-0.4, -0.2) is 26.7 Å². The maximum Gasteiger partial charge on any atom is 0.338 e. The van der Waals surface area contributed by atoms with Crippen molar-refractivity contribution in [3.05, 3.63) is 84.8 Å². The van der Waals surface area contributed by atoms with Gasteiger partial charge < -0.3 is 10.4 Å². The maximum absolute atomic E-state index is 12.6. The van der Waals surface area contributed by atoms with Gasteiger partial charge in [0.15, 0.2) is 0 Å². The molecule has 0 atom stereocenters. The Morgan fingerprint density at radius 2 is 1.79 bits per heavy atom. The molecule has 2 heterocycles. The van der Waals surface area contributed by atoms with Crippen LogP contribution in [0.25, 0.3) is 22.0 Å². The number of hydrogen-bond acceptors (Lipinski definition) is 3. The lowest BCUT2D eigenvalue weighted by Gasteiger charge is -2.28. The van der Waals surface area contributed by atoms with E-state index in [1.54, 1.807) is 24.5 Å². The number of benzene rings is 2. The smallest absolute Gasteiger partial charge is 0.338 e. The zero-order valence-corrected chi connectivity index (χ0v) is 18.7. The fourth-order valence-corrected chi connectivity index (χ4v) is 4.86. The molecular formula is C28H25N3O3. The van der Waals surface area contributed by atoms with Crippen LogP contribution in [0.15, 0.2) is 67.0 Å². The number of hydrogen-bond donors (Lipinski definition) is 2. The van der Waals surface area contributed by atoms with Crippen molar-refractivity contribution in [2.75, 3.05) is 5.32 Å². The molecule has 0 radical (unpaired) electrons. The van der Waals surface area contributed by atoms with Gasteiger partial charge in [0.1, 0.15) is 0 Å². The molecule has 2 aromatic heterocycles. The molecule has 0 saturated heterocycles. The SMILES string of the molecule is O=C(O)CC1CCC(c2ccc(-c3ccc4c(c#cn4C(=O)Nc4cccnc4)c3)cc2)CC1. The van der Waals surface area contributed by atoms with Crippen molar-refractivity contribution < 1.29 is 14.7 Å². The van der Waals surface area contributed by atoms with Crippen LogP contribution < -0.4 is 5.32 Å². The van der Waals surface area contributed by atoms with Gasteiger partial charge in [0.05, 0.1) is 22.8 Å². The average Bonchev–Trinajstić information content (AvgIpc) is 3.28. The van der Waals surface area contributed by atoms with Crippen LogP contribution in [0.3, 0.4) is 0 Å². The molecule has 6 heteroatoms. The number of nitrogens with zero attached hydrogens (tertiary/aromatic N) is 2. The molecule has 0 bridgehead atoms. The lowest BCUT2D eigenvalue weighted by molar-refractivity contribution is -0.138. The predicted octanol–water partition coefficient (Wildman–Crippen LogP) is 6.13. The summed E-state index contributed by atoms with van der Waals surface area (Å²) in [5.41, 5.74) is 4.83. The van der Waals surface area contributed by atoms with Gasteiger partial charge in [0, 0.05) is 18.8 Å². The van der Waals surface area contributed by atoms with E-state index >= 15 is 0 Å². The summed E-state index contributed by atoms with van der Waals surface area (Å²) in [6, 6.07) is 20.9. The van der Waals surface area contributed by atoms with Gasteiger partial charge in [-0.3, -0.25) is 9.78 Å². The Labute approximate surface area is 198 Å². The first kappa shape index (κ1) is 21.7. The third-order valence-electron chi connectivity index (χ3n) is 6.68. The molecule has 0 unspecified atom stereocenters. The number of anilines is 1. The molecule has 34 heavy (non-hydrogen) atoms. The molecule has 0 aliphatic heterocycles. The van der Waals surface area contributed by atoms with Gasteiger partial charge in [-0.2, -0.15) is 0 Å². The second-order valence-electron chi connectivity index (χ2n) is 8.91. The quantitative estimate of drug-likeness (QED) is 0.382. The van der Waals surface area contributed by atoms with Gasteiger partial charge in [-0.1, -0.05) is 30.3 Å². The van der Waals surface area contributed by atoms with E-state index in [2.05, 4.69) is 46.8 Å². The van der Waals surface area contributed by atoms with Gasteiger partial charge in [0.25, 0.3) is 0 Å². The number of fused-ring (bicyclic) bond motifs is 1. The molecule has 1 aliphatic rings. The highest BCUT2D eigenvalue weighted by atomic mass is 16.4. The normalized spacial score (nSPS) is 17.8. The molecule has 1 aliphatic carbocycles. The van der Waals surface area contributed by atoms with E-state index in [4.69, 9.17) is 5.11 Å². The molecular weight excluding hydrogens is 426 g/mol. The van der Waals surface area contributed by atoms with E-state index in [0.717, 1.165) is 47.7 Å². The second kappa shape index (κ2) is 9.40. The molecule has 2 aromatic carbocycles. The van der Waals surface area contributed by atoms with Crippen molar-refractivity contribution in [3.63, 3.8) is 0 Å². The van der Waals surface area contributed by atoms with E-state index < -0.39 is 5.97 Å². The highest BCUT2D eigenvalue weighted by Gasteiger charge is 2.24. The van der Waals surface area contributed by atoms with E-state index in [9.17, 15) is 9.59 Å². The van der Waals surface area contributed by atoms with Gasteiger partial charge in [-0.15, -0.1) is 0 Å². The van der Waals surface area contributed by atoms with Crippen molar-refractivity contribution in [1.29, 1.82) is 0 Å². The van der Waals surface area contributed by atoms with Crippen LogP contribution in [0.5, 0.6) is 0 Å². The number of rotatable bonds is 5. The summed E-state index contributed by atoms with van der Waals surface area (Å²) in [7, 11) is 0. The van der Waals surface area contributed by atoms with Gasteiger partial charge in [0.2, 0.25) is 0 Å². The summed E-state index contributed by atoms with van der Waals surface area (Å²) in [6.07, 6.45) is 10.5. The third-order valence-corrected chi connectivity index (χ3v) is 6.68. The first-order chi connectivity index (χ1) is 16.6. The summed E-state index contributed by atoms with van der Waals surface area (Å²) < 4.78 is 1.43. The zero-order chi connectivity index (χ0) is 23.5. The Hall–Kier alpha value is -4.11. The molecule has 1 saturated carbocycles. The minimum Gasteiger partial charge on any atom is -0.481 e. The highest BCUT2D eigenvalue weighted by Crippen LogP contribution is 2.37. The topological polar surface area (TPSA) is 84.2 Å². The van der Waals surface area contributed by atoms with Crippen LogP contribution in [0.2, 0.25) is 0 Å². The molecule has 1 amide bonds. The number of pyridine rings is 1. The molecule has 6 nitrogen and oxygen atoms in total. The zero-order valence-electron chi connectivity index (χ0n) is 18.7. The van der Waals surface area contributed by atoms with Crippen molar-refractivity contribution in [2.45, 2.75) is 38.0 Å². The lowest BCUT2D eigenvalue weighted by atomic mass is 9.77. The Morgan fingerprint density at radius 3 is 2.50 bits per heavy atom. The Balaban J connectivity index is 1.28. The molecule has 4 aromatic rings. The Bertz CT molecular complexity index is 1300. The van der Waals surface area contributed by atoms with Gasteiger partial charge in [-0.05, 0) is 84.5 Å². The van der Waals surface area contributed by atoms with Crippen LogP contribution in [0.4, 0.5) is 10.5 Å². The summed E-state index contributed by atoms with van der Waals surface area (Å²) in [5.74, 6) is 0.118. The number of amides is 1. The molecule has 2 N–H and O–H groups in total. The average molecular weight is 452 g/mol. The number of carboxylic acid groups (broad SMARTS) is 1. The third kappa shape index (κ3) is 4.65. The molecule has 170 valence electrons. The fourth-order valence-electron chi connectivity index (χ4n) is 4.86. The van der Waals surface area contributed by atoms with Crippen LogP contribution >= 0.6 is 0 Å². The molecule has 1 fully saturated rings. The monoisotopic (exact) mass is 451 g/mol. The fraction of sp³-hybridized carbons (Fsp3) is 0.250. The van der Waals surface area contributed by atoms with E-state index in [0.29, 0.717) is 17.5 Å². The number of aromatic nitrogens is 2. The van der Waals surface area contributed by atoms with Crippen molar-refractivity contribution in [1.82, 2.24) is 9.55 Å². The minimum absolute atomic E-state index is 0.287. The summed E-state index contributed by atoms with van der Waals surface area (Å²) in [5, 5.41) is 12.6. The maximum atomic E-state index is 12.6.